The lowest BCUT2D eigenvalue weighted by atomic mass is 9.98. The number of nitrogens with one attached hydrogen (secondary N) is 1. The first kappa shape index (κ1) is 10.8. The van der Waals surface area contributed by atoms with E-state index in [1.807, 2.05) is 30.6 Å². The molecule has 0 saturated heterocycles. The normalized spacial score (nSPS) is 11.9. The molecule has 1 aromatic carbocycles. The first-order valence-electron chi connectivity index (χ1n) is 6.03. The summed E-state index contributed by atoms with van der Waals surface area (Å²) in [6, 6.07) is 12.4. The Kier molecular flexibility index (Phi) is 2.69. The molecule has 0 fully saturated rings. The molecule has 88 valence electrons. The van der Waals surface area contributed by atoms with Gasteiger partial charge in [-0.15, -0.1) is 0 Å². The molecule has 0 saturated carbocycles. The van der Waals surface area contributed by atoms with Crippen molar-refractivity contribution in [3.63, 3.8) is 0 Å². The van der Waals surface area contributed by atoms with E-state index in [9.17, 15) is 0 Å². The number of allylic oxidation sites excluding steroid dienone is 1. The Labute approximate surface area is 106 Å². The van der Waals surface area contributed by atoms with E-state index in [1.54, 1.807) is 0 Å². The highest BCUT2D eigenvalue weighted by Gasteiger charge is 2.09. The van der Waals surface area contributed by atoms with Gasteiger partial charge in [-0.05, 0) is 36.3 Å². The molecule has 18 heavy (non-hydrogen) atoms. The van der Waals surface area contributed by atoms with Gasteiger partial charge in [0.1, 0.15) is 0 Å². The van der Waals surface area contributed by atoms with Crippen molar-refractivity contribution in [2.75, 3.05) is 0 Å². The zero-order valence-electron chi connectivity index (χ0n) is 10.2. The topological polar surface area (TPSA) is 28.7 Å². The fraction of sp³-hybridized carbons (Fsp3) is 0.0625. The van der Waals surface area contributed by atoms with Crippen molar-refractivity contribution in [2.45, 2.75) is 6.92 Å². The molecule has 2 nitrogen and oxygen atoms in total. The van der Waals surface area contributed by atoms with Crippen molar-refractivity contribution in [3.05, 3.63) is 72.2 Å². The molecule has 2 heterocycles. The Balaban J connectivity index is 2.19. The highest BCUT2D eigenvalue weighted by Crippen LogP contribution is 2.29. The Morgan fingerprint density at radius 1 is 1.11 bits per heavy atom. The van der Waals surface area contributed by atoms with E-state index in [0.29, 0.717) is 0 Å². The van der Waals surface area contributed by atoms with Gasteiger partial charge in [-0.2, -0.15) is 0 Å². The fourth-order valence-electron chi connectivity index (χ4n) is 2.30. The molecule has 0 bridgehead atoms. The maximum absolute atomic E-state index is 4.07. The van der Waals surface area contributed by atoms with Gasteiger partial charge in [0.05, 0.1) is 0 Å². The highest BCUT2D eigenvalue weighted by atomic mass is 14.7. The van der Waals surface area contributed by atoms with Crippen LogP contribution < -0.4 is 0 Å². The Morgan fingerprint density at radius 2 is 1.89 bits per heavy atom. The SMILES string of the molecule is C/C=C(\c1ccncc1)c1c[nH]c2ccccc12. The lowest BCUT2D eigenvalue weighted by molar-refractivity contribution is 1.31. The molecule has 1 N–H and O–H groups in total. The average molecular weight is 234 g/mol. The third-order valence-corrected chi connectivity index (χ3v) is 3.16. The zero-order valence-corrected chi connectivity index (χ0v) is 10.2. The predicted octanol–water partition coefficient (Wildman–Crippen LogP) is 4.01. The second kappa shape index (κ2) is 4.49. The quantitative estimate of drug-likeness (QED) is 0.713. The van der Waals surface area contributed by atoms with Gasteiger partial charge in [-0.25, -0.2) is 0 Å². The van der Waals surface area contributed by atoms with Gasteiger partial charge in [-0.1, -0.05) is 24.3 Å². The average Bonchev–Trinajstić information content (AvgIpc) is 2.85. The lowest BCUT2D eigenvalue weighted by Crippen LogP contribution is -1.86. The Morgan fingerprint density at radius 3 is 2.67 bits per heavy atom. The molecule has 3 rings (SSSR count). The summed E-state index contributed by atoms with van der Waals surface area (Å²) in [7, 11) is 0. The summed E-state index contributed by atoms with van der Waals surface area (Å²) in [5, 5.41) is 1.25. The second-order valence-corrected chi connectivity index (χ2v) is 4.19. The van der Waals surface area contributed by atoms with Crippen LogP contribution in [-0.2, 0) is 0 Å². The van der Waals surface area contributed by atoms with Crippen LogP contribution in [0, 0.1) is 0 Å². The van der Waals surface area contributed by atoms with E-state index < -0.39 is 0 Å². The molecule has 0 unspecified atom stereocenters. The minimum absolute atomic E-state index is 1.17. The number of hydrogen-bond donors (Lipinski definition) is 1. The number of H-pyrrole nitrogens is 1. The van der Waals surface area contributed by atoms with Crippen molar-refractivity contribution < 1.29 is 0 Å². The minimum Gasteiger partial charge on any atom is -0.361 e. The van der Waals surface area contributed by atoms with Gasteiger partial charge in [0.2, 0.25) is 0 Å². The molecule has 2 heteroatoms. The van der Waals surface area contributed by atoms with Gasteiger partial charge < -0.3 is 4.98 Å². The van der Waals surface area contributed by atoms with E-state index in [2.05, 4.69) is 47.4 Å². The van der Waals surface area contributed by atoms with Crippen molar-refractivity contribution in [3.8, 4) is 0 Å². The fourth-order valence-corrected chi connectivity index (χ4v) is 2.30. The number of benzene rings is 1. The van der Waals surface area contributed by atoms with Crippen LogP contribution >= 0.6 is 0 Å². The summed E-state index contributed by atoms with van der Waals surface area (Å²) in [5.41, 5.74) is 4.83. The number of rotatable bonds is 2. The monoisotopic (exact) mass is 234 g/mol. The summed E-state index contributed by atoms with van der Waals surface area (Å²) in [4.78, 5) is 7.39. The molecule has 0 radical (unpaired) electrons. The van der Waals surface area contributed by atoms with Crippen molar-refractivity contribution >= 4 is 16.5 Å². The van der Waals surface area contributed by atoms with E-state index in [0.717, 1.165) is 0 Å². The lowest BCUT2D eigenvalue weighted by Gasteiger charge is -2.05. The number of pyridine rings is 1. The smallest absolute Gasteiger partial charge is 0.0460 e. The summed E-state index contributed by atoms with van der Waals surface area (Å²) >= 11 is 0. The molecular formula is C16H14N2. The van der Waals surface area contributed by atoms with E-state index in [-0.39, 0.29) is 0 Å². The number of nitrogens with zero attached hydrogens (tertiary/aromatic N) is 1. The van der Waals surface area contributed by atoms with Crippen molar-refractivity contribution in [1.29, 1.82) is 0 Å². The van der Waals surface area contributed by atoms with Crippen LogP contribution in [0.3, 0.4) is 0 Å². The van der Waals surface area contributed by atoms with Gasteiger partial charge in [0.25, 0.3) is 0 Å². The third-order valence-electron chi connectivity index (χ3n) is 3.16. The number of para-hydroxylation sites is 1. The number of aromatic amines is 1. The van der Waals surface area contributed by atoms with Crippen LogP contribution in [0.15, 0.2) is 61.1 Å². The highest BCUT2D eigenvalue weighted by molar-refractivity contribution is 5.96. The molecule has 0 aliphatic rings. The van der Waals surface area contributed by atoms with Crippen LogP contribution in [0.1, 0.15) is 18.1 Å². The zero-order chi connectivity index (χ0) is 12.4. The molecule has 0 amide bonds. The maximum Gasteiger partial charge on any atom is 0.0460 e. The summed E-state index contributed by atoms with van der Waals surface area (Å²) in [5.74, 6) is 0. The molecule has 0 aliphatic carbocycles. The van der Waals surface area contributed by atoms with Gasteiger partial charge >= 0.3 is 0 Å². The largest absolute Gasteiger partial charge is 0.361 e. The van der Waals surface area contributed by atoms with Crippen LogP contribution in [0.4, 0.5) is 0 Å². The van der Waals surface area contributed by atoms with Gasteiger partial charge in [-0.3, -0.25) is 4.98 Å². The Hall–Kier alpha value is -2.35. The third kappa shape index (κ3) is 1.72. The summed E-state index contributed by atoms with van der Waals surface area (Å²) < 4.78 is 0. The van der Waals surface area contributed by atoms with E-state index in [4.69, 9.17) is 0 Å². The number of aromatic nitrogens is 2. The van der Waals surface area contributed by atoms with E-state index >= 15 is 0 Å². The number of fused-ring (bicyclic) bond motifs is 1. The first-order chi connectivity index (χ1) is 8.90. The maximum atomic E-state index is 4.07. The standard InChI is InChI=1S/C16H14N2/c1-2-13(12-7-9-17-10-8-12)15-11-18-16-6-4-3-5-14(15)16/h2-11,18H,1H3/b13-2+. The van der Waals surface area contributed by atoms with Gasteiger partial charge in [0.15, 0.2) is 0 Å². The minimum atomic E-state index is 1.17. The van der Waals surface area contributed by atoms with E-state index in [1.165, 1.54) is 27.6 Å². The molecule has 2 aromatic heterocycles. The second-order valence-electron chi connectivity index (χ2n) is 4.19. The molecular weight excluding hydrogens is 220 g/mol. The Bertz CT molecular complexity index is 693. The van der Waals surface area contributed by atoms with Crippen molar-refractivity contribution in [2.24, 2.45) is 0 Å². The van der Waals surface area contributed by atoms with Crippen LogP contribution in [0.5, 0.6) is 0 Å². The van der Waals surface area contributed by atoms with Crippen LogP contribution in [-0.4, -0.2) is 9.97 Å². The summed E-state index contributed by atoms with van der Waals surface area (Å²) in [6.07, 6.45) is 7.87. The molecule has 3 aromatic rings. The molecule has 0 atom stereocenters. The van der Waals surface area contributed by atoms with Gasteiger partial charge in [0, 0.05) is 35.1 Å². The first-order valence-corrected chi connectivity index (χ1v) is 6.03. The number of hydrogen-bond acceptors (Lipinski definition) is 1. The van der Waals surface area contributed by atoms with Crippen LogP contribution in [0.2, 0.25) is 0 Å². The van der Waals surface area contributed by atoms with Crippen LogP contribution in [0.25, 0.3) is 16.5 Å². The predicted molar refractivity (Wildman–Crippen MR) is 75.3 cm³/mol. The van der Waals surface area contributed by atoms with Crippen molar-refractivity contribution in [1.82, 2.24) is 9.97 Å². The molecule has 0 aliphatic heterocycles. The molecule has 0 spiro atoms. The summed E-state index contributed by atoms with van der Waals surface area (Å²) in [6.45, 7) is 2.07.